The topological polar surface area (TPSA) is 81.9 Å². The van der Waals surface area contributed by atoms with Crippen LogP contribution < -0.4 is 10.1 Å². The van der Waals surface area contributed by atoms with Crippen molar-refractivity contribution in [2.75, 3.05) is 7.11 Å². The smallest absolute Gasteiger partial charge is 0.263 e. The minimum Gasteiger partial charge on any atom is -0.497 e. The molecule has 0 saturated carbocycles. The van der Waals surface area contributed by atoms with Crippen LogP contribution in [0.4, 0.5) is 8.78 Å². The molecule has 1 amide bonds. The molecule has 10 heteroatoms. The Hall–Kier alpha value is -3.66. The van der Waals surface area contributed by atoms with Crippen LogP contribution in [-0.2, 0) is 6.54 Å². The number of methoxy groups -OCH3 is 1. The first-order valence-corrected chi connectivity index (χ1v) is 10.5. The second-order valence-corrected chi connectivity index (χ2v) is 7.99. The van der Waals surface area contributed by atoms with E-state index in [0.29, 0.717) is 27.0 Å². The molecule has 7 nitrogen and oxygen atoms in total. The fourth-order valence-electron chi connectivity index (χ4n) is 3.14. The molecule has 32 heavy (non-hydrogen) atoms. The van der Waals surface area contributed by atoms with E-state index in [4.69, 9.17) is 4.74 Å². The monoisotopic (exact) mass is 455 g/mol. The van der Waals surface area contributed by atoms with Gasteiger partial charge in [-0.2, -0.15) is 0 Å². The Morgan fingerprint density at radius 2 is 2.00 bits per heavy atom. The minimum absolute atomic E-state index is 0.0668. The lowest BCUT2D eigenvalue weighted by atomic mass is 10.2. The van der Waals surface area contributed by atoms with Gasteiger partial charge in [0, 0.05) is 24.2 Å². The number of aryl methyl sites for hydroxylation is 1. The van der Waals surface area contributed by atoms with E-state index in [1.807, 2.05) is 31.2 Å². The van der Waals surface area contributed by atoms with E-state index < -0.39 is 17.5 Å². The summed E-state index contributed by atoms with van der Waals surface area (Å²) in [6.45, 7) is 3.51. The number of thiazole rings is 1. The zero-order valence-electron chi connectivity index (χ0n) is 17.5. The largest absolute Gasteiger partial charge is 0.497 e. The molecule has 0 aliphatic rings. The summed E-state index contributed by atoms with van der Waals surface area (Å²) in [6, 6.07) is 10.6. The Bertz CT molecular complexity index is 1300. The van der Waals surface area contributed by atoms with Crippen LogP contribution in [-0.4, -0.2) is 33.0 Å². The lowest BCUT2D eigenvalue weighted by Gasteiger charge is -2.05. The SMILES string of the molecule is COc1cccc(-n2nnc(-c3nc(C)c(C(=O)NCc4ccc(F)cc4F)s3)c2C)c1. The van der Waals surface area contributed by atoms with Crippen LogP contribution in [0.2, 0.25) is 0 Å². The van der Waals surface area contributed by atoms with Gasteiger partial charge in [-0.15, -0.1) is 16.4 Å². The average molecular weight is 455 g/mol. The van der Waals surface area contributed by atoms with Crippen LogP contribution in [0.3, 0.4) is 0 Å². The second kappa shape index (κ2) is 8.83. The van der Waals surface area contributed by atoms with Gasteiger partial charge in [0.15, 0.2) is 0 Å². The summed E-state index contributed by atoms with van der Waals surface area (Å²) in [5.41, 5.74) is 2.82. The highest BCUT2D eigenvalue weighted by atomic mass is 32.1. The van der Waals surface area contributed by atoms with Gasteiger partial charge in [-0.3, -0.25) is 4.79 Å². The van der Waals surface area contributed by atoms with E-state index in [0.717, 1.165) is 23.5 Å². The quantitative estimate of drug-likeness (QED) is 0.471. The fourth-order valence-corrected chi connectivity index (χ4v) is 4.16. The number of nitrogens with one attached hydrogen (secondary N) is 1. The molecule has 164 valence electrons. The summed E-state index contributed by atoms with van der Waals surface area (Å²) < 4.78 is 33.8. The maximum absolute atomic E-state index is 13.8. The van der Waals surface area contributed by atoms with Gasteiger partial charge >= 0.3 is 0 Å². The van der Waals surface area contributed by atoms with Crippen molar-refractivity contribution in [3.05, 3.63) is 75.9 Å². The molecule has 0 fully saturated rings. The first-order chi connectivity index (χ1) is 15.4. The van der Waals surface area contributed by atoms with Gasteiger partial charge in [-0.25, -0.2) is 18.4 Å². The van der Waals surface area contributed by atoms with Gasteiger partial charge in [0.05, 0.1) is 24.2 Å². The van der Waals surface area contributed by atoms with E-state index in [-0.39, 0.29) is 12.1 Å². The molecule has 0 aliphatic carbocycles. The summed E-state index contributed by atoms with van der Waals surface area (Å²) in [5, 5.41) is 11.7. The standard InChI is InChI=1S/C22H19F2N5O2S/c1-12-20(21(30)25-11-14-7-8-15(23)9-18(14)24)32-22(26-12)19-13(2)29(28-27-19)16-5-4-6-17(10-16)31-3/h4-10H,11H2,1-3H3,(H,25,30). The molecule has 2 aromatic heterocycles. The number of carbonyl (C=O) groups is 1. The lowest BCUT2D eigenvalue weighted by molar-refractivity contribution is 0.0954. The third kappa shape index (κ3) is 4.22. The summed E-state index contributed by atoms with van der Waals surface area (Å²) in [5.74, 6) is -1.08. The molecule has 0 saturated heterocycles. The van der Waals surface area contributed by atoms with Crippen LogP contribution in [0.5, 0.6) is 5.75 Å². The molecule has 0 bridgehead atoms. The van der Waals surface area contributed by atoms with Crippen LogP contribution in [0, 0.1) is 25.5 Å². The molecule has 4 aromatic rings. The maximum atomic E-state index is 13.8. The highest BCUT2D eigenvalue weighted by molar-refractivity contribution is 7.17. The predicted octanol–water partition coefficient (Wildman–Crippen LogP) is 4.22. The molecular weight excluding hydrogens is 436 g/mol. The van der Waals surface area contributed by atoms with Gasteiger partial charge in [-0.05, 0) is 32.0 Å². The van der Waals surface area contributed by atoms with E-state index >= 15 is 0 Å². The average Bonchev–Trinajstić information content (AvgIpc) is 3.35. The predicted molar refractivity (Wildman–Crippen MR) is 116 cm³/mol. The van der Waals surface area contributed by atoms with Gasteiger partial charge in [0.2, 0.25) is 0 Å². The number of ether oxygens (including phenoxy) is 1. The number of carbonyl (C=O) groups excluding carboxylic acids is 1. The minimum atomic E-state index is -0.711. The third-order valence-electron chi connectivity index (χ3n) is 4.85. The first kappa shape index (κ1) is 21.6. The summed E-state index contributed by atoms with van der Waals surface area (Å²) in [4.78, 5) is 17.5. The number of benzene rings is 2. The second-order valence-electron chi connectivity index (χ2n) is 6.99. The van der Waals surface area contributed by atoms with Crippen molar-refractivity contribution >= 4 is 17.2 Å². The molecule has 0 spiro atoms. The number of nitrogens with zero attached hydrogens (tertiary/aromatic N) is 4. The highest BCUT2D eigenvalue weighted by Crippen LogP contribution is 2.30. The number of halogens is 2. The van der Waals surface area contributed by atoms with E-state index in [1.54, 1.807) is 18.7 Å². The molecule has 0 unspecified atom stereocenters. The Labute approximate surface area is 186 Å². The number of rotatable bonds is 6. The maximum Gasteiger partial charge on any atom is 0.263 e. The number of amides is 1. The third-order valence-corrected chi connectivity index (χ3v) is 6.02. The molecule has 2 aromatic carbocycles. The lowest BCUT2D eigenvalue weighted by Crippen LogP contribution is -2.23. The molecular formula is C22H19F2N5O2S. The van der Waals surface area contributed by atoms with Crippen LogP contribution >= 0.6 is 11.3 Å². The normalized spacial score (nSPS) is 10.9. The Morgan fingerprint density at radius 3 is 2.75 bits per heavy atom. The number of hydrogen-bond acceptors (Lipinski definition) is 6. The Morgan fingerprint density at radius 1 is 1.19 bits per heavy atom. The van der Waals surface area contributed by atoms with Crippen LogP contribution in [0.1, 0.15) is 26.6 Å². The molecule has 0 radical (unpaired) electrons. The van der Waals surface area contributed by atoms with Crippen LogP contribution in [0.15, 0.2) is 42.5 Å². The van der Waals surface area contributed by atoms with Gasteiger partial charge in [0.1, 0.15) is 33.0 Å². The molecule has 4 rings (SSSR count). The van der Waals surface area contributed by atoms with Crippen molar-refractivity contribution in [3.8, 4) is 22.1 Å². The van der Waals surface area contributed by atoms with Gasteiger partial charge < -0.3 is 10.1 Å². The zero-order chi connectivity index (χ0) is 22.8. The zero-order valence-corrected chi connectivity index (χ0v) is 18.3. The van der Waals surface area contributed by atoms with Crippen molar-refractivity contribution in [2.45, 2.75) is 20.4 Å². The van der Waals surface area contributed by atoms with Gasteiger partial charge in [-0.1, -0.05) is 17.3 Å². The fraction of sp³-hybridized carbons (Fsp3) is 0.182. The summed E-state index contributed by atoms with van der Waals surface area (Å²) >= 11 is 1.18. The van der Waals surface area contributed by atoms with Crippen molar-refractivity contribution < 1.29 is 18.3 Å². The van der Waals surface area contributed by atoms with Crippen molar-refractivity contribution in [1.82, 2.24) is 25.3 Å². The van der Waals surface area contributed by atoms with E-state index in [9.17, 15) is 13.6 Å². The van der Waals surface area contributed by atoms with Crippen molar-refractivity contribution in [1.29, 1.82) is 0 Å². The molecule has 1 N–H and O–H groups in total. The number of hydrogen-bond donors (Lipinski definition) is 1. The summed E-state index contributed by atoms with van der Waals surface area (Å²) in [7, 11) is 1.59. The van der Waals surface area contributed by atoms with E-state index in [1.165, 1.54) is 17.4 Å². The summed E-state index contributed by atoms with van der Waals surface area (Å²) in [6.07, 6.45) is 0. The van der Waals surface area contributed by atoms with Gasteiger partial charge in [0.25, 0.3) is 5.91 Å². The van der Waals surface area contributed by atoms with Crippen LogP contribution in [0.25, 0.3) is 16.4 Å². The highest BCUT2D eigenvalue weighted by Gasteiger charge is 2.21. The van der Waals surface area contributed by atoms with Crippen molar-refractivity contribution in [3.63, 3.8) is 0 Å². The first-order valence-electron chi connectivity index (χ1n) is 9.64. The Kier molecular flexibility index (Phi) is 5.95. The van der Waals surface area contributed by atoms with Crippen molar-refractivity contribution in [2.24, 2.45) is 0 Å². The molecule has 2 heterocycles. The Balaban J connectivity index is 1.55. The van der Waals surface area contributed by atoms with E-state index in [2.05, 4.69) is 20.6 Å². The molecule has 0 aliphatic heterocycles. The molecule has 0 atom stereocenters. The number of aromatic nitrogens is 4.